The van der Waals surface area contributed by atoms with E-state index in [9.17, 15) is 15.0 Å². The number of aromatic carboxylic acids is 1. The van der Waals surface area contributed by atoms with Crippen molar-refractivity contribution in [2.24, 2.45) is 0 Å². The smallest absolute Gasteiger partial charge is 0.343 e. The van der Waals surface area contributed by atoms with Crippen LogP contribution in [0.4, 0.5) is 5.82 Å². The minimum Gasteiger partial charge on any atom is -0.477 e. The van der Waals surface area contributed by atoms with Gasteiger partial charge in [-0.2, -0.15) is 0 Å². The third-order valence-electron chi connectivity index (χ3n) is 4.06. The van der Waals surface area contributed by atoms with E-state index in [-0.39, 0.29) is 30.3 Å². The molecule has 0 amide bonds. The zero-order valence-corrected chi connectivity index (χ0v) is 14.6. The van der Waals surface area contributed by atoms with Crippen molar-refractivity contribution in [1.29, 1.82) is 0 Å². The fourth-order valence-electron chi connectivity index (χ4n) is 2.45. The molecule has 1 heterocycles. The van der Waals surface area contributed by atoms with Gasteiger partial charge in [-0.3, -0.25) is 0 Å². The molecule has 8 heteroatoms. The molecular weight excluding hydrogens is 348 g/mol. The highest BCUT2D eigenvalue weighted by Gasteiger charge is 2.28. The summed E-state index contributed by atoms with van der Waals surface area (Å²) in [7, 11) is 0. The molecule has 2 aromatic rings. The van der Waals surface area contributed by atoms with Crippen LogP contribution < -0.4 is 5.32 Å². The zero-order valence-electron chi connectivity index (χ0n) is 13.8. The highest BCUT2D eigenvalue weighted by atomic mass is 35.5. The summed E-state index contributed by atoms with van der Waals surface area (Å²) < 4.78 is 5.20. The van der Waals surface area contributed by atoms with E-state index in [1.54, 1.807) is 24.3 Å². The first-order valence-electron chi connectivity index (χ1n) is 7.96. The lowest BCUT2D eigenvalue weighted by molar-refractivity contribution is 0.0337. The maximum absolute atomic E-state index is 11.6. The summed E-state index contributed by atoms with van der Waals surface area (Å²) in [6, 6.07) is 6.54. The molecule has 1 aromatic heterocycles. The minimum absolute atomic E-state index is 0.0205. The number of nitrogens with zero attached hydrogens (tertiary/aromatic N) is 1. The van der Waals surface area contributed by atoms with Crippen molar-refractivity contribution >= 4 is 23.4 Å². The highest BCUT2D eigenvalue weighted by Crippen LogP contribution is 2.31. The van der Waals surface area contributed by atoms with Crippen LogP contribution in [0, 0.1) is 0 Å². The Balaban J connectivity index is 2.24. The van der Waals surface area contributed by atoms with E-state index in [1.165, 1.54) is 0 Å². The molecule has 0 aliphatic heterocycles. The van der Waals surface area contributed by atoms with Crippen molar-refractivity contribution in [3.05, 3.63) is 34.9 Å². The molecule has 0 aliphatic carbocycles. The molecule has 7 nitrogen and oxygen atoms in total. The molecule has 1 unspecified atom stereocenters. The van der Waals surface area contributed by atoms with Gasteiger partial charge in [0, 0.05) is 23.7 Å². The van der Waals surface area contributed by atoms with Gasteiger partial charge >= 0.3 is 5.97 Å². The van der Waals surface area contributed by atoms with Gasteiger partial charge in [0.2, 0.25) is 0 Å². The Labute approximate surface area is 150 Å². The Morgan fingerprint density at radius 3 is 2.60 bits per heavy atom. The monoisotopic (exact) mass is 368 g/mol. The lowest BCUT2D eigenvalue weighted by Crippen LogP contribution is -2.36. The number of hydrogen-bond acceptors (Lipinski definition) is 6. The van der Waals surface area contributed by atoms with Crippen LogP contribution in [0.5, 0.6) is 0 Å². The molecule has 0 bridgehead atoms. The molecule has 4 N–H and O–H groups in total. The van der Waals surface area contributed by atoms with Crippen molar-refractivity contribution in [3.8, 4) is 11.3 Å². The fraction of sp³-hybridized carbons (Fsp3) is 0.412. The summed E-state index contributed by atoms with van der Waals surface area (Å²) in [4.78, 5) is 11.6. The van der Waals surface area contributed by atoms with Gasteiger partial charge in [0.1, 0.15) is 0 Å². The van der Waals surface area contributed by atoms with Crippen molar-refractivity contribution in [2.75, 3.05) is 18.5 Å². The number of aromatic nitrogens is 1. The van der Waals surface area contributed by atoms with Gasteiger partial charge in [-0.25, -0.2) is 4.79 Å². The molecule has 25 heavy (non-hydrogen) atoms. The maximum Gasteiger partial charge on any atom is 0.343 e. The van der Waals surface area contributed by atoms with Crippen molar-refractivity contribution in [2.45, 2.75) is 31.8 Å². The van der Waals surface area contributed by atoms with Crippen LogP contribution >= 0.6 is 11.6 Å². The highest BCUT2D eigenvalue weighted by molar-refractivity contribution is 6.30. The number of anilines is 1. The summed E-state index contributed by atoms with van der Waals surface area (Å²) in [5.74, 6) is -1.03. The summed E-state index contributed by atoms with van der Waals surface area (Å²) in [5.41, 5.74) is -0.644. The Morgan fingerprint density at radius 2 is 2.04 bits per heavy atom. The Hall–Kier alpha value is -2.09. The first kappa shape index (κ1) is 19.2. The van der Waals surface area contributed by atoms with Crippen molar-refractivity contribution in [3.63, 3.8) is 0 Å². The Morgan fingerprint density at radius 1 is 1.36 bits per heavy atom. The number of aliphatic hydroxyl groups is 2. The number of nitrogens with one attached hydrogen (secondary N) is 1. The largest absolute Gasteiger partial charge is 0.477 e. The lowest BCUT2D eigenvalue weighted by Gasteiger charge is -2.26. The average molecular weight is 369 g/mol. The van der Waals surface area contributed by atoms with Crippen LogP contribution in [-0.2, 0) is 0 Å². The first-order valence-corrected chi connectivity index (χ1v) is 8.34. The standard InChI is InChI=1S/C17H21ClN2O5/c1-2-17(24,8-3-9-21)10-19-15-13(16(22)23)14(25-20-15)11-4-6-12(18)7-5-11/h4-7,21,24H,2-3,8-10H2,1H3,(H,19,20)(H,22,23). The fourth-order valence-corrected chi connectivity index (χ4v) is 2.58. The third kappa shape index (κ3) is 4.72. The molecule has 1 aromatic carbocycles. The van der Waals surface area contributed by atoms with E-state index in [0.29, 0.717) is 29.8 Å². The minimum atomic E-state index is -1.19. The summed E-state index contributed by atoms with van der Waals surface area (Å²) in [6.45, 7) is 1.89. The van der Waals surface area contributed by atoms with E-state index in [0.717, 1.165) is 0 Å². The number of aliphatic hydroxyl groups excluding tert-OH is 1. The van der Waals surface area contributed by atoms with Gasteiger partial charge in [0.25, 0.3) is 0 Å². The molecule has 1 atom stereocenters. The SMILES string of the molecule is CCC(O)(CCCO)CNc1noc(-c2ccc(Cl)cc2)c1C(=O)O. The number of hydrogen-bond donors (Lipinski definition) is 4. The van der Waals surface area contributed by atoms with E-state index in [1.807, 2.05) is 6.92 Å². The molecule has 0 radical (unpaired) electrons. The molecule has 136 valence electrons. The Kier molecular flexibility index (Phi) is 6.41. The van der Waals surface area contributed by atoms with E-state index in [4.69, 9.17) is 21.2 Å². The van der Waals surface area contributed by atoms with E-state index >= 15 is 0 Å². The summed E-state index contributed by atoms with van der Waals surface area (Å²) in [5, 5.41) is 36.1. The molecular formula is C17H21ClN2O5. The van der Waals surface area contributed by atoms with Crippen LogP contribution in [-0.4, -0.2) is 45.2 Å². The number of halogens is 1. The van der Waals surface area contributed by atoms with Gasteiger partial charge in [-0.1, -0.05) is 23.7 Å². The molecule has 0 saturated carbocycles. The molecule has 0 saturated heterocycles. The second kappa shape index (κ2) is 8.33. The van der Waals surface area contributed by atoms with E-state index < -0.39 is 11.6 Å². The van der Waals surface area contributed by atoms with Crippen molar-refractivity contribution < 1.29 is 24.6 Å². The predicted octanol–water partition coefficient (Wildman–Crippen LogP) is 3.02. The van der Waals surface area contributed by atoms with Crippen LogP contribution in [0.1, 0.15) is 36.5 Å². The van der Waals surface area contributed by atoms with Crippen molar-refractivity contribution in [1.82, 2.24) is 5.16 Å². The average Bonchev–Trinajstić information content (AvgIpc) is 3.03. The van der Waals surface area contributed by atoms with Gasteiger partial charge < -0.3 is 25.2 Å². The van der Waals surface area contributed by atoms with Gasteiger partial charge in [-0.15, -0.1) is 0 Å². The number of rotatable bonds is 9. The lowest BCUT2D eigenvalue weighted by atomic mass is 9.94. The predicted molar refractivity (Wildman–Crippen MR) is 94.0 cm³/mol. The zero-order chi connectivity index (χ0) is 18.4. The topological polar surface area (TPSA) is 116 Å². The second-order valence-corrected chi connectivity index (χ2v) is 6.24. The molecule has 0 spiro atoms. The van der Waals surface area contributed by atoms with Gasteiger partial charge in [0.05, 0.1) is 5.60 Å². The number of carboxylic acid groups (broad SMARTS) is 1. The van der Waals surface area contributed by atoms with Gasteiger partial charge in [0.15, 0.2) is 17.1 Å². The van der Waals surface area contributed by atoms with Crippen LogP contribution in [0.15, 0.2) is 28.8 Å². The molecule has 2 rings (SSSR count). The second-order valence-electron chi connectivity index (χ2n) is 5.81. The third-order valence-corrected chi connectivity index (χ3v) is 4.31. The van der Waals surface area contributed by atoms with Crippen LogP contribution in [0.25, 0.3) is 11.3 Å². The maximum atomic E-state index is 11.6. The van der Waals surface area contributed by atoms with E-state index in [2.05, 4.69) is 10.5 Å². The molecule has 0 aliphatic rings. The number of carbonyl (C=O) groups is 1. The summed E-state index contributed by atoms with van der Waals surface area (Å²) >= 11 is 5.84. The Bertz CT molecular complexity index is 716. The molecule has 0 fully saturated rings. The van der Waals surface area contributed by atoms with Crippen LogP contribution in [0.2, 0.25) is 5.02 Å². The van der Waals surface area contributed by atoms with Crippen LogP contribution in [0.3, 0.4) is 0 Å². The quantitative estimate of drug-likeness (QED) is 0.537. The first-order chi connectivity index (χ1) is 11.9. The number of carboxylic acids is 1. The summed E-state index contributed by atoms with van der Waals surface area (Å²) in [6.07, 6.45) is 1.29. The normalized spacial score (nSPS) is 13.4. The number of benzene rings is 1. The van der Waals surface area contributed by atoms with Gasteiger partial charge in [-0.05, 0) is 43.5 Å².